The number of halogens is 4. The lowest BCUT2D eigenvalue weighted by molar-refractivity contribution is -0.105. The first kappa shape index (κ1) is 131. The van der Waals surface area contributed by atoms with Crippen molar-refractivity contribution in [3.05, 3.63) is 50.1 Å². The molecule has 0 aromatic carbocycles. The number of ether oxygens (including phenoxy) is 16. The number of hydrogen-bond acceptors (Lipinski definition) is 32. The van der Waals surface area contributed by atoms with Crippen LogP contribution in [0.3, 0.4) is 0 Å². The molecule has 6 aliphatic rings. The molecule has 9 rings (SSSR count). The second kappa shape index (κ2) is 110. The van der Waals surface area contributed by atoms with E-state index in [-0.39, 0.29) is 0 Å². The molecule has 0 spiro atoms. The Kier molecular flexibility index (Phi) is 116. The van der Waals surface area contributed by atoms with Crippen LogP contribution in [0.4, 0.5) is 8.78 Å². The third-order valence-electron chi connectivity index (χ3n) is 18.5. The summed E-state index contributed by atoms with van der Waals surface area (Å²) in [5.74, 6) is 6.51. The van der Waals surface area contributed by atoms with E-state index in [4.69, 9.17) is 89.5 Å². The molecule has 0 unspecified atom stereocenters. The Morgan fingerprint density at radius 2 is 0.688 bits per heavy atom. The minimum absolute atomic E-state index is 0.594. The van der Waals surface area contributed by atoms with Crippen LogP contribution in [0.2, 0.25) is 0 Å². The zero-order chi connectivity index (χ0) is 93.6. The Morgan fingerprint density at radius 3 is 1.02 bits per heavy atom. The molecule has 6 fully saturated rings. The molecule has 9 heterocycles. The highest BCUT2D eigenvalue weighted by atomic mass is 35.5. The smallest absolute Gasteiger partial charge is 0.345 e. The predicted molar refractivity (Wildman–Crippen MR) is 513 cm³/mol. The normalized spacial score (nSPS) is 15.8. The number of alkyl halides is 4. The number of rotatable bonds is 45. The third kappa shape index (κ3) is 105. The van der Waals surface area contributed by atoms with Crippen LogP contribution >= 0.6 is 46.7 Å². The van der Waals surface area contributed by atoms with E-state index in [0.29, 0.717) is 25.0 Å². The van der Waals surface area contributed by atoms with E-state index in [2.05, 4.69) is 111 Å². The number of likely N-dealkylation sites (N-methyl/N-ethyl adjacent to an activating group) is 4. The van der Waals surface area contributed by atoms with Gasteiger partial charge >= 0.3 is 6.61 Å². The second-order valence-electron chi connectivity index (χ2n) is 29.1. The highest BCUT2D eigenvalue weighted by molar-refractivity contribution is 7.99. The monoisotopic (exact) mass is 1880 g/mol. The lowest BCUT2D eigenvalue weighted by Crippen LogP contribution is -2.45. The molecule has 0 amide bonds. The van der Waals surface area contributed by atoms with Gasteiger partial charge < -0.3 is 119 Å². The third-order valence-corrected chi connectivity index (χ3v) is 20.8. The van der Waals surface area contributed by atoms with Crippen LogP contribution in [-0.2, 0) is 95.4 Å². The Balaban J connectivity index is -0.000000416. The maximum absolute atomic E-state index is 10.5. The van der Waals surface area contributed by atoms with Crippen molar-refractivity contribution in [2.24, 2.45) is 0 Å². The van der Waals surface area contributed by atoms with Crippen LogP contribution in [0.15, 0.2) is 50.1 Å². The van der Waals surface area contributed by atoms with Gasteiger partial charge in [-0.15, -0.1) is 23.2 Å². The van der Waals surface area contributed by atoms with E-state index < -0.39 is 6.61 Å². The van der Waals surface area contributed by atoms with Crippen LogP contribution in [0.5, 0.6) is 0 Å². The summed E-state index contributed by atoms with van der Waals surface area (Å²) >= 11 is 14.6. The molecule has 3 aromatic heterocycles. The number of hydrogen-bond donors (Lipinski definition) is 0. The van der Waals surface area contributed by atoms with E-state index in [1.165, 1.54) is 166 Å². The maximum Gasteiger partial charge on any atom is 0.345 e. The summed E-state index contributed by atoms with van der Waals surface area (Å²) in [5.41, 5.74) is 0. The van der Waals surface area contributed by atoms with Crippen LogP contribution < -0.4 is 0 Å². The van der Waals surface area contributed by atoms with Crippen molar-refractivity contribution in [2.45, 2.75) is 71.2 Å². The number of methoxy groups -OCH3 is 15. The van der Waals surface area contributed by atoms with E-state index >= 15 is 0 Å². The lowest BCUT2D eigenvalue weighted by Gasteiger charge is -2.32. The standard InChI is InChI=1S/C9H20N2O.C8H18N2O.C8H17NOS.C8H17NO.C7H12N2O.C7H15NO2.C7H17NO2.C7H15NOS.C6H10N2O.C5H9N3O.C5H13NO.C4H9ClO.C3H7ClO.C2H4F2O/c1-10-5-7-11(8-6-10)4-3-9-12-2;1-9-3-5-10(6-4-9)7-8-11-2;1-10-6-2-3-9-4-7-11-8-5-9;1-10-8-7-9-5-3-2-4-6-9;1-10-6-2-4-9-5-3-8-7-9;1-9-5-2-8-3-6-10-7-4-8;1-8(4-6-9-2)5-7-10-3;1-9-5-2-8-3-6-10-7-4-8;1-9-5-4-8-3-2-7-6-8;1-9-3-2-8-5-6-4-7-8;1-6(2)4-5-7-3;1-6-4-2-3-5;1-5-3-2-4;1-5-2(3)4/h3-9H2,1-2H3;3-8H2,1-2H3;2-8H2,1H3;2-8H2,1H3;3,5,7H,2,4,6H2,1H3;2-7H2,1H3;4-7H2,1-3H3;2-7H2,1H3;2-3,6H,4-5H2,1H3;4-5H,2-3H2,1H3;4-5H2,1-3H3;2-4H2,1H3;2-3H2,1H3;2H,1H3. The van der Waals surface area contributed by atoms with Crippen molar-refractivity contribution in [2.75, 3.05) is 446 Å². The topological polar surface area (TPSA) is 246 Å². The minimum Gasteiger partial charge on any atom is -0.385 e. The molecular weight excluding hydrogens is 1700 g/mol. The van der Waals surface area contributed by atoms with Gasteiger partial charge in [0.2, 0.25) is 0 Å². The van der Waals surface area contributed by atoms with Gasteiger partial charge in [-0.3, -0.25) is 19.4 Å². The summed E-state index contributed by atoms with van der Waals surface area (Å²) in [4.78, 5) is 35.4. The SMILES string of the molecule is COC(F)F.COCCCCl.COCCCN1CCN(C)CC1.COCCCN1CCSCC1.COCCCl.COCCCn1ccnc1.COCCN(C)C.COCCN(C)CCOC.COCCN1CCCCC1.COCCN1CCN(C)CC1.COCCN1CCOCC1.COCCN1CCSCC1.COCCn1ccnc1.COCCn1cncn1. The number of morpholine rings is 1. The van der Waals surface area contributed by atoms with Crippen molar-refractivity contribution < 1.29 is 84.6 Å². The van der Waals surface area contributed by atoms with Crippen molar-refractivity contribution in [1.29, 1.82) is 0 Å². The lowest BCUT2D eigenvalue weighted by atomic mass is 10.1. The fraction of sp³-hybridized carbons (Fsp3) is 0.907. The number of piperidine rings is 1. The highest BCUT2D eigenvalue weighted by Crippen LogP contribution is 2.11. The van der Waals surface area contributed by atoms with Gasteiger partial charge in [-0.05, 0) is 86.9 Å². The quantitative estimate of drug-likeness (QED) is 0.0387. The molecule has 6 aliphatic heterocycles. The first-order chi connectivity index (χ1) is 60.9. The summed E-state index contributed by atoms with van der Waals surface area (Å²) in [6.45, 7) is 42.3. The summed E-state index contributed by atoms with van der Waals surface area (Å²) < 4.78 is 104. The molecule has 0 N–H and O–H groups in total. The van der Waals surface area contributed by atoms with Gasteiger partial charge in [-0.25, -0.2) is 15.0 Å². The van der Waals surface area contributed by atoms with Crippen molar-refractivity contribution in [1.82, 2.24) is 82.9 Å². The number of thioether (sulfide) groups is 2. The average Bonchev–Trinajstić information content (AvgIpc) is 1.73. The Labute approximate surface area is 777 Å². The number of nitrogens with zero attached hydrogens (tertiary/aromatic N) is 17. The maximum atomic E-state index is 10.5. The molecule has 748 valence electrons. The average molecular weight is 1880 g/mol. The highest BCUT2D eigenvalue weighted by Gasteiger charge is 2.15. The molecule has 0 saturated carbocycles. The van der Waals surface area contributed by atoms with Crippen molar-refractivity contribution in [3.8, 4) is 0 Å². The molecule has 0 atom stereocenters. The number of imidazole rings is 2. The fourth-order valence-corrected chi connectivity index (χ4v) is 12.9. The minimum atomic E-state index is -2.62. The van der Waals surface area contributed by atoms with E-state index in [1.54, 1.807) is 129 Å². The van der Waals surface area contributed by atoms with Gasteiger partial charge in [0, 0.05) is 356 Å². The molecule has 6 saturated heterocycles. The number of piperazine rings is 2. The summed E-state index contributed by atoms with van der Waals surface area (Å²) in [6, 6.07) is 0. The van der Waals surface area contributed by atoms with E-state index in [0.717, 1.165) is 191 Å². The van der Waals surface area contributed by atoms with Gasteiger partial charge in [0.1, 0.15) is 12.7 Å². The second-order valence-corrected chi connectivity index (χ2v) is 32.3. The zero-order valence-electron chi connectivity index (χ0n) is 82.0. The summed E-state index contributed by atoms with van der Waals surface area (Å²) in [6.07, 6.45) is 22.7. The molecule has 39 heteroatoms. The molecule has 0 radical (unpaired) electrons. The Hall–Kier alpha value is -2.34. The van der Waals surface area contributed by atoms with Crippen LogP contribution in [0.25, 0.3) is 0 Å². The van der Waals surface area contributed by atoms with Gasteiger partial charge in [0.25, 0.3) is 0 Å². The van der Waals surface area contributed by atoms with Crippen molar-refractivity contribution >= 4 is 46.7 Å². The van der Waals surface area contributed by atoms with Crippen LogP contribution in [0, 0.1) is 0 Å². The molecule has 3 aromatic rings. The molecule has 0 bridgehead atoms. The number of aromatic nitrogens is 7. The largest absolute Gasteiger partial charge is 0.385 e. The van der Waals surface area contributed by atoms with Gasteiger partial charge in [-0.1, -0.05) is 6.42 Å². The van der Waals surface area contributed by atoms with E-state index in [9.17, 15) is 8.78 Å². The Morgan fingerprint density at radius 1 is 0.352 bits per heavy atom. The first-order valence-corrected chi connectivity index (χ1v) is 47.5. The van der Waals surface area contributed by atoms with Gasteiger partial charge in [0.15, 0.2) is 0 Å². The summed E-state index contributed by atoms with van der Waals surface area (Å²) in [7, 11) is 35.5. The molecular formula is C86H183Cl2F2N17O16S2. The van der Waals surface area contributed by atoms with Crippen LogP contribution in [-0.4, -0.2) is 535 Å². The first-order valence-electron chi connectivity index (χ1n) is 44.2. The molecule has 0 aliphatic carbocycles. The number of likely N-dealkylation sites (tertiary alicyclic amines) is 1. The number of aryl methyl sites for hydroxylation is 1. The van der Waals surface area contributed by atoms with E-state index in [1.807, 2.05) is 53.7 Å². The zero-order valence-corrected chi connectivity index (χ0v) is 85.1. The summed E-state index contributed by atoms with van der Waals surface area (Å²) in [5, 5.41) is 3.88. The van der Waals surface area contributed by atoms with Crippen LogP contribution in [0.1, 0.15) is 44.9 Å². The fourth-order valence-electron chi connectivity index (χ4n) is 10.7. The van der Waals surface area contributed by atoms with Gasteiger partial charge in [0.05, 0.1) is 98.5 Å². The Bertz CT molecular complexity index is 2230. The molecule has 33 nitrogen and oxygen atoms in total. The molecule has 125 heavy (non-hydrogen) atoms. The predicted octanol–water partition coefficient (Wildman–Crippen LogP) is 7.76. The van der Waals surface area contributed by atoms with Crippen molar-refractivity contribution in [3.63, 3.8) is 0 Å². The van der Waals surface area contributed by atoms with Gasteiger partial charge in [-0.2, -0.15) is 37.4 Å².